The Hall–Kier alpha value is -2.04. The molecule has 0 amide bonds. The number of benzene rings is 1. The summed E-state index contributed by atoms with van der Waals surface area (Å²) in [6, 6.07) is 3.59. The zero-order valence-corrected chi connectivity index (χ0v) is 19.5. The highest BCUT2D eigenvalue weighted by Crippen LogP contribution is 2.61. The lowest BCUT2D eigenvalue weighted by atomic mass is 9.55. The van der Waals surface area contributed by atoms with Crippen LogP contribution >= 0.6 is 0 Å². The lowest BCUT2D eigenvalue weighted by Crippen LogP contribution is -2.49. The molecule has 0 saturated heterocycles. The summed E-state index contributed by atoms with van der Waals surface area (Å²) < 4.78 is 10.8. The maximum Gasteiger partial charge on any atom is 0.343 e. The molecule has 2 fully saturated rings. The quantitative estimate of drug-likeness (QED) is 0.214. The first-order valence-corrected chi connectivity index (χ1v) is 11.9. The van der Waals surface area contributed by atoms with E-state index in [1.165, 1.54) is 7.11 Å². The Morgan fingerprint density at radius 3 is 2.50 bits per heavy atom. The second kappa shape index (κ2) is 9.54. The van der Waals surface area contributed by atoms with Crippen molar-refractivity contribution in [3.63, 3.8) is 0 Å². The molecule has 0 aliphatic heterocycles. The predicted molar refractivity (Wildman–Crippen MR) is 119 cm³/mol. The smallest absolute Gasteiger partial charge is 0.343 e. The van der Waals surface area contributed by atoms with E-state index in [0.29, 0.717) is 23.5 Å². The summed E-state index contributed by atoms with van der Waals surface area (Å²) in [5.41, 5.74) is 2.15. The highest BCUT2D eigenvalue weighted by molar-refractivity contribution is 5.78. The van der Waals surface area contributed by atoms with Crippen LogP contribution in [0.25, 0.3) is 0 Å². The first-order chi connectivity index (χ1) is 16.1. The summed E-state index contributed by atoms with van der Waals surface area (Å²) in [6.07, 6.45) is -3.00. The van der Waals surface area contributed by atoms with Crippen LogP contribution in [0.5, 0.6) is 11.5 Å². The molecule has 0 aromatic heterocycles. The molecule has 34 heavy (non-hydrogen) atoms. The number of hydrogen-bond acceptors (Lipinski definition) is 9. The van der Waals surface area contributed by atoms with Gasteiger partial charge in [0.15, 0.2) is 23.9 Å². The van der Waals surface area contributed by atoms with Crippen molar-refractivity contribution in [2.45, 2.75) is 81.9 Å². The van der Waals surface area contributed by atoms with Gasteiger partial charge in [-0.3, -0.25) is 0 Å². The van der Waals surface area contributed by atoms with Gasteiger partial charge in [0, 0.05) is 0 Å². The highest BCUT2D eigenvalue weighted by Gasteiger charge is 2.54. The van der Waals surface area contributed by atoms with Crippen molar-refractivity contribution >= 4 is 12.3 Å². The van der Waals surface area contributed by atoms with Crippen LogP contribution in [0.1, 0.15) is 56.1 Å². The van der Waals surface area contributed by atoms with Gasteiger partial charge in [-0.05, 0) is 85.0 Å². The van der Waals surface area contributed by atoms with Gasteiger partial charge in [0.2, 0.25) is 0 Å². The average Bonchev–Trinajstić information content (AvgIpc) is 3.15. The molecule has 3 aliphatic carbocycles. The predicted octanol–water partition coefficient (Wildman–Crippen LogP) is 0.460. The Morgan fingerprint density at radius 2 is 1.82 bits per heavy atom. The molecule has 0 bridgehead atoms. The van der Waals surface area contributed by atoms with E-state index in [9.17, 15) is 35.1 Å². The number of aliphatic hydroxyl groups is 5. The van der Waals surface area contributed by atoms with Gasteiger partial charge in [0.1, 0.15) is 18.3 Å². The Labute approximate surface area is 198 Å². The van der Waals surface area contributed by atoms with Crippen molar-refractivity contribution in [3.8, 4) is 11.5 Å². The van der Waals surface area contributed by atoms with E-state index in [1.807, 2.05) is 6.07 Å². The normalized spacial score (nSPS) is 33.5. The molecule has 4 rings (SSSR count). The fourth-order valence-corrected chi connectivity index (χ4v) is 6.57. The number of carbonyl (C=O) groups excluding carboxylic acids is 2. The molecule has 0 radical (unpaired) electrons. The standard InChI is InChI=1S/C25H34O9/c1-25-8-7-13-14(16(25)5-6-20(25)28)4-3-12-9-19(18(33-2)10-15(12)13)34-24(32)23(31)22(30)21(29)17(27)11-26/h9-11,13-14,16-17,20-23,27-31H,3-8H2,1-2H3/t13-,14+,16-,17-,20-,21+,22-,23-,25-/m0/s1. The molecule has 0 spiro atoms. The average molecular weight is 479 g/mol. The number of aldehydes is 1. The van der Waals surface area contributed by atoms with Gasteiger partial charge in [0.05, 0.1) is 13.2 Å². The van der Waals surface area contributed by atoms with Gasteiger partial charge in [-0.1, -0.05) is 6.92 Å². The SMILES string of the molecule is COc1cc2c(cc1OC(=O)[C@@H](O)[C@@H](O)[C@H](O)[C@@H](O)C=O)CC[C@@H]1[C@@H]2CC[C@]2(C)[C@@H](O)CC[C@@H]12. The number of fused-ring (bicyclic) bond motifs is 5. The lowest BCUT2D eigenvalue weighted by Gasteiger charge is -2.50. The van der Waals surface area contributed by atoms with E-state index >= 15 is 0 Å². The van der Waals surface area contributed by atoms with E-state index in [0.717, 1.165) is 49.7 Å². The fraction of sp³-hybridized carbons (Fsp3) is 0.680. The van der Waals surface area contributed by atoms with Crippen LogP contribution in [-0.2, 0) is 16.0 Å². The third-order valence-electron chi connectivity index (χ3n) is 8.57. The van der Waals surface area contributed by atoms with Gasteiger partial charge in [-0.25, -0.2) is 4.79 Å². The first kappa shape index (κ1) is 25.1. The number of carbonyl (C=O) groups is 2. The fourth-order valence-electron chi connectivity index (χ4n) is 6.57. The number of aryl methyl sites for hydroxylation is 1. The Kier molecular flexibility index (Phi) is 7.04. The van der Waals surface area contributed by atoms with E-state index in [2.05, 4.69) is 6.92 Å². The van der Waals surface area contributed by atoms with Crippen molar-refractivity contribution in [2.75, 3.05) is 7.11 Å². The summed E-state index contributed by atoms with van der Waals surface area (Å²) in [4.78, 5) is 23.0. The van der Waals surface area contributed by atoms with Crippen LogP contribution < -0.4 is 9.47 Å². The van der Waals surface area contributed by atoms with Gasteiger partial charge in [-0.15, -0.1) is 0 Å². The number of hydrogen-bond donors (Lipinski definition) is 5. The monoisotopic (exact) mass is 478 g/mol. The molecule has 188 valence electrons. The molecule has 9 atom stereocenters. The van der Waals surface area contributed by atoms with Crippen molar-refractivity contribution in [1.29, 1.82) is 0 Å². The van der Waals surface area contributed by atoms with Crippen molar-refractivity contribution in [1.82, 2.24) is 0 Å². The van der Waals surface area contributed by atoms with Crippen LogP contribution in [0, 0.1) is 17.3 Å². The summed E-state index contributed by atoms with van der Waals surface area (Å²) in [7, 11) is 1.44. The first-order valence-electron chi connectivity index (χ1n) is 11.9. The molecule has 1 aromatic carbocycles. The molecule has 1 aromatic rings. The molecular formula is C25H34O9. The van der Waals surface area contributed by atoms with E-state index in [-0.39, 0.29) is 23.6 Å². The molecule has 9 heteroatoms. The van der Waals surface area contributed by atoms with Crippen LogP contribution in [0.3, 0.4) is 0 Å². The molecule has 3 aliphatic rings. The maximum atomic E-state index is 12.4. The highest BCUT2D eigenvalue weighted by atomic mass is 16.6. The minimum absolute atomic E-state index is 0.00810. The van der Waals surface area contributed by atoms with Crippen LogP contribution in [0.15, 0.2) is 12.1 Å². The number of rotatable bonds is 7. The summed E-state index contributed by atoms with van der Waals surface area (Å²) in [6.45, 7) is 2.22. The maximum absolute atomic E-state index is 12.4. The topological polar surface area (TPSA) is 154 Å². The van der Waals surface area contributed by atoms with E-state index in [1.54, 1.807) is 6.07 Å². The number of ether oxygens (including phenoxy) is 2. The Morgan fingerprint density at radius 1 is 1.09 bits per heavy atom. The third-order valence-corrected chi connectivity index (χ3v) is 8.57. The molecule has 2 saturated carbocycles. The van der Waals surface area contributed by atoms with Gasteiger partial charge < -0.3 is 39.8 Å². The van der Waals surface area contributed by atoms with Gasteiger partial charge in [-0.2, -0.15) is 0 Å². The van der Waals surface area contributed by atoms with Gasteiger partial charge in [0.25, 0.3) is 0 Å². The number of esters is 1. The van der Waals surface area contributed by atoms with Crippen LogP contribution in [0.4, 0.5) is 0 Å². The number of methoxy groups -OCH3 is 1. The third kappa shape index (κ3) is 4.13. The zero-order valence-electron chi connectivity index (χ0n) is 19.5. The van der Waals surface area contributed by atoms with Crippen LogP contribution in [-0.4, -0.2) is 75.4 Å². The Bertz CT molecular complexity index is 933. The Balaban J connectivity index is 1.54. The minimum Gasteiger partial charge on any atom is -0.493 e. The van der Waals surface area contributed by atoms with E-state index in [4.69, 9.17) is 9.47 Å². The molecule has 5 N–H and O–H groups in total. The molecule has 9 nitrogen and oxygen atoms in total. The van der Waals surface area contributed by atoms with Crippen molar-refractivity contribution < 1.29 is 44.6 Å². The molecule has 0 unspecified atom stereocenters. The largest absolute Gasteiger partial charge is 0.493 e. The zero-order chi connectivity index (χ0) is 24.8. The van der Waals surface area contributed by atoms with Crippen molar-refractivity contribution in [3.05, 3.63) is 23.3 Å². The summed E-state index contributed by atoms with van der Waals surface area (Å²) >= 11 is 0. The van der Waals surface area contributed by atoms with E-state index < -0.39 is 30.4 Å². The second-order valence-corrected chi connectivity index (χ2v) is 10.2. The summed E-state index contributed by atoms with van der Waals surface area (Å²) in [5, 5.41) is 49.6. The number of aliphatic hydroxyl groups excluding tert-OH is 5. The van der Waals surface area contributed by atoms with Crippen molar-refractivity contribution in [2.24, 2.45) is 17.3 Å². The minimum atomic E-state index is -2.18. The second-order valence-electron chi connectivity index (χ2n) is 10.2. The lowest BCUT2D eigenvalue weighted by molar-refractivity contribution is -0.161. The summed E-state index contributed by atoms with van der Waals surface area (Å²) in [5.74, 6) is 0.427. The molecule has 0 heterocycles. The van der Waals surface area contributed by atoms with Gasteiger partial charge >= 0.3 is 5.97 Å². The molecular weight excluding hydrogens is 444 g/mol. The van der Waals surface area contributed by atoms with Crippen LogP contribution in [0.2, 0.25) is 0 Å².